The quantitative estimate of drug-likeness (QED) is 0.593. The van der Waals surface area contributed by atoms with Gasteiger partial charge in [0, 0.05) is 20.5 Å². The summed E-state index contributed by atoms with van der Waals surface area (Å²) in [5.74, 6) is 1.93. The van der Waals surface area contributed by atoms with Crippen molar-refractivity contribution < 1.29 is 4.79 Å². The van der Waals surface area contributed by atoms with Crippen molar-refractivity contribution in [2.45, 2.75) is 52.4 Å². The van der Waals surface area contributed by atoms with Crippen molar-refractivity contribution in [2.24, 2.45) is 11.8 Å². The Morgan fingerprint density at radius 3 is 2.60 bits per heavy atom. The van der Waals surface area contributed by atoms with Gasteiger partial charge in [-0.25, -0.2) is 0 Å². The molecule has 2 atom stereocenters. The maximum atomic E-state index is 11.0. The number of unbranched alkanes of at least 4 members (excludes halogenated alkanes) is 3. The lowest BCUT2D eigenvalue weighted by molar-refractivity contribution is -0.127. The largest absolute Gasteiger partial charge is 0.346 e. The fourth-order valence-corrected chi connectivity index (χ4v) is 2.20. The standard InChI is InChI=1S/C13H25NO/c1-4-5-6-7-8-12-9-13(12)10-14(3)11(2)15/h12-13H,4-10H2,1-3H3. The molecule has 1 rings (SSSR count). The topological polar surface area (TPSA) is 20.3 Å². The molecule has 0 aromatic carbocycles. The summed E-state index contributed by atoms with van der Waals surface area (Å²) >= 11 is 0. The number of hydrogen-bond donors (Lipinski definition) is 0. The van der Waals surface area contributed by atoms with E-state index in [1.807, 2.05) is 11.9 Å². The van der Waals surface area contributed by atoms with Gasteiger partial charge in [-0.3, -0.25) is 4.79 Å². The monoisotopic (exact) mass is 211 g/mol. The van der Waals surface area contributed by atoms with E-state index in [9.17, 15) is 4.79 Å². The zero-order chi connectivity index (χ0) is 11.3. The molecule has 1 aliphatic carbocycles. The molecule has 0 spiro atoms. The maximum absolute atomic E-state index is 11.0. The maximum Gasteiger partial charge on any atom is 0.219 e. The highest BCUT2D eigenvalue weighted by atomic mass is 16.2. The lowest BCUT2D eigenvalue weighted by Gasteiger charge is -2.14. The molecule has 0 bridgehead atoms. The lowest BCUT2D eigenvalue weighted by atomic mass is 10.1. The van der Waals surface area contributed by atoms with Gasteiger partial charge in [0.25, 0.3) is 0 Å². The molecule has 2 nitrogen and oxygen atoms in total. The number of rotatable bonds is 7. The van der Waals surface area contributed by atoms with Gasteiger partial charge >= 0.3 is 0 Å². The van der Waals surface area contributed by atoms with Crippen molar-refractivity contribution in [3.05, 3.63) is 0 Å². The van der Waals surface area contributed by atoms with Crippen LogP contribution in [0.4, 0.5) is 0 Å². The average molecular weight is 211 g/mol. The molecule has 0 heterocycles. The Balaban J connectivity index is 2.00. The fourth-order valence-electron chi connectivity index (χ4n) is 2.20. The molecule has 0 aromatic heterocycles. The minimum absolute atomic E-state index is 0.201. The molecule has 1 saturated carbocycles. The van der Waals surface area contributed by atoms with Gasteiger partial charge in [-0.05, 0) is 18.3 Å². The van der Waals surface area contributed by atoms with Crippen molar-refractivity contribution in [1.82, 2.24) is 4.90 Å². The molecule has 0 radical (unpaired) electrons. The van der Waals surface area contributed by atoms with Gasteiger partial charge in [-0.2, -0.15) is 0 Å². The minimum atomic E-state index is 0.201. The summed E-state index contributed by atoms with van der Waals surface area (Å²) in [5.41, 5.74) is 0. The van der Waals surface area contributed by atoms with Crippen LogP contribution in [-0.2, 0) is 4.79 Å². The average Bonchev–Trinajstić information content (AvgIpc) is 2.91. The fraction of sp³-hybridized carbons (Fsp3) is 0.923. The van der Waals surface area contributed by atoms with Crippen LogP contribution < -0.4 is 0 Å². The third-order valence-corrected chi connectivity index (χ3v) is 3.54. The molecule has 0 N–H and O–H groups in total. The molecule has 0 saturated heterocycles. The Morgan fingerprint density at radius 1 is 1.27 bits per heavy atom. The van der Waals surface area contributed by atoms with E-state index < -0.39 is 0 Å². The van der Waals surface area contributed by atoms with Gasteiger partial charge in [-0.15, -0.1) is 0 Å². The number of carbonyl (C=O) groups is 1. The number of carbonyl (C=O) groups excluding carboxylic acids is 1. The highest BCUT2D eigenvalue weighted by Gasteiger charge is 2.36. The van der Waals surface area contributed by atoms with Crippen molar-refractivity contribution in [1.29, 1.82) is 0 Å². The highest BCUT2D eigenvalue weighted by molar-refractivity contribution is 5.72. The van der Waals surface area contributed by atoms with Crippen molar-refractivity contribution in [3.8, 4) is 0 Å². The summed E-state index contributed by atoms with van der Waals surface area (Å²) in [6.45, 7) is 4.88. The van der Waals surface area contributed by atoms with E-state index in [1.165, 1.54) is 38.5 Å². The summed E-state index contributed by atoms with van der Waals surface area (Å²) < 4.78 is 0. The Bertz CT molecular complexity index is 203. The number of nitrogens with zero attached hydrogens (tertiary/aromatic N) is 1. The third kappa shape index (κ3) is 4.67. The van der Waals surface area contributed by atoms with Crippen LogP contribution in [0.15, 0.2) is 0 Å². The van der Waals surface area contributed by atoms with E-state index in [0.29, 0.717) is 0 Å². The van der Waals surface area contributed by atoms with Crippen LogP contribution >= 0.6 is 0 Å². The van der Waals surface area contributed by atoms with Crippen LogP contribution in [-0.4, -0.2) is 24.4 Å². The molecular weight excluding hydrogens is 186 g/mol. The van der Waals surface area contributed by atoms with Gasteiger partial charge in [0.2, 0.25) is 5.91 Å². The van der Waals surface area contributed by atoms with Gasteiger partial charge < -0.3 is 4.90 Å². The second-order valence-electron chi connectivity index (χ2n) is 5.00. The Labute approximate surface area is 94.0 Å². The summed E-state index contributed by atoms with van der Waals surface area (Å²) in [7, 11) is 1.91. The van der Waals surface area contributed by atoms with Crippen molar-refractivity contribution in [3.63, 3.8) is 0 Å². The smallest absolute Gasteiger partial charge is 0.219 e. The van der Waals surface area contributed by atoms with Crippen molar-refractivity contribution in [2.75, 3.05) is 13.6 Å². The predicted octanol–water partition coefficient (Wildman–Crippen LogP) is 3.07. The summed E-state index contributed by atoms with van der Waals surface area (Å²) in [6.07, 6.45) is 8.22. The zero-order valence-electron chi connectivity index (χ0n) is 10.5. The van der Waals surface area contributed by atoms with Crippen LogP contribution in [0.3, 0.4) is 0 Å². The van der Waals surface area contributed by atoms with Crippen LogP contribution in [0.5, 0.6) is 0 Å². The third-order valence-electron chi connectivity index (χ3n) is 3.54. The van der Waals surface area contributed by atoms with Crippen molar-refractivity contribution >= 4 is 5.91 Å². The predicted molar refractivity (Wildman–Crippen MR) is 63.7 cm³/mol. The molecule has 2 heteroatoms. The molecule has 1 aliphatic rings. The van der Waals surface area contributed by atoms with E-state index in [2.05, 4.69) is 6.92 Å². The van der Waals surface area contributed by atoms with Crippen LogP contribution in [0, 0.1) is 11.8 Å². The first-order chi connectivity index (χ1) is 7.15. The van der Waals surface area contributed by atoms with E-state index in [0.717, 1.165) is 18.4 Å². The van der Waals surface area contributed by atoms with Gasteiger partial charge in [0.05, 0.1) is 0 Å². The normalized spacial score (nSPS) is 23.9. The van der Waals surface area contributed by atoms with Crippen LogP contribution in [0.25, 0.3) is 0 Å². The van der Waals surface area contributed by atoms with Crippen LogP contribution in [0.2, 0.25) is 0 Å². The molecule has 0 aliphatic heterocycles. The molecule has 1 amide bonds. The minimum Gasteiger partial charge on any atom is -0.346 e. The number of amides is 1. The first kappa shape index (κ1) is 12.5. The lowest BCUT2D eigenvalue weighted by Crippen LogP contribution is -2.26. The molecular formula is C13H25NO. The molecule has 1 fully saturated rings. The van der Waals surface area contributed by atoms with Gasteiger partial charge in [-0.1, -0.05) is 39.0 Å². The summed E-state index contributed by atoms with van der Waals surface area (Å²) in [5, 5.41) is 0. The number of hydrogen-bond acceptors (Lipinski definition) is 1. The van der Waals surface area contributed by atoms with Crippen LogP contribution in [0.1, 0.15) is 52.4 Å². The highest BCUT2D eigenvalue weighted by Crippen LogP contribution is 2.42. The first-order valence-electron chi connectivity index (χ1n) is 6.36. The van der Waals surface area contributed by atoms with E-state index in [4.69, 9.17) is 0 Å². The Hall–Kier alpha value is -0.530. The first-order valence-corrected chi connectivity index (χ1v) is 6.36. The van der Waals surface area contributed by atoms with E-state index >= 15 is 0 Å². The van der Waals surface area contributed by atoms with E-state index in [-0.39, 0.29) is 5.91 Å². The Morgan fingerprint density at radius 2 is 2.00 bits per heavy atom. The molecule has 0 aromatic rings. The Kier molecular flexibility index (Phi) is 5.13. The zero-order valence-corrected chi connectivity index (χ0v) is 10.5. The van der Waals surface area contributed by atoms with Gasteiger partial charge in [0.1, 0.15) is 0 Å². The summed E-state index contributed by atoms with van der Waals surface area (Å²) in [6, 6.07) is 0. The second kappa shape index (κ2) is 6.14. The SMILES string of the molecule is CCCCCCC1CC1CN(C)C(C)=O. The second-order valence-corrected chi connectivity index (χ2v) is 5.00. The molecule has 15 heavy (non-hydrogen) atoms. The summed E-state index contributed by atoms with van der Waals surface area (Å²) in [4.78, 5) is 12.9. The molecule has 88 valence electrons. The van der Waals surface area contributed by atoms with E-state index in [1.54, 1.807) is 6.92 Å². The van der Waals surface area contributed by atoms with Gasteiger partial charge in [0.15, 0.2) is 0 Å². The molecule has 2 unspecified atom stereocenters.